The van der Waals surface area contributed by atoms with E-state index in [1.807, 2.05) is 31.2 Å². The minimum atomic E-state index is -0.300. The smallest absolute Gasteiger partial charge is 0.228 e. The average molecular weight is 344 g/mol. The van der Waals surface area contributed by atoms with E-state index >= 15 is 0 Å². The second kappa shape index (κ2) is 7.25. The van der Waals surface area contributed by atoms with Crippen LogP contribution in [-0.2, 0) is 20.9 Å². The molecule has 1 aromatic carbocycles. The molecule has 134 valence electrons. The summed E-state index contributed by atoms with van der Waals surface area (Å²) < 4.78 is 5.14. The fourth-order valence-electron chi connectivity index (χ4n) is 3.52. The zero-order valence-corrected chi connectivity index (χ0v) is 14.7. The van der Waals surface area contributed by atoms with E-state index in [0.29, 0.717) is 32.6 Å². The SMILES string of the molecule is COc1ccc(CN2CC(C(=O)N3CCC(=O)C(C)C3)CC2=O)cc1. The molecule has 2 amide bonds. The van der Waals surface area contributed by atoms with Crippen molar-refractivity contribution < 1.29 is 19.1 Å². The van der Waals surface area contributed by atoms with Gasteiger partial charge in [-0.05, 0) is 17.7 Å². The topological polar surface area (TPSA) is 66.9 Å². The van der Waals surface area contributed by atoms with Crippen molar-refractivity contribution in [2.45, 2.75) is 26.3 Å². The highest BCUT2D eigenvalue weighted by molar-refractivity contribution is 5.91. The normalized spacial score (nSPS) is 23.9. The molecule has 6 nitrogen and oxygen atoms in total. The van der Waals surface area contributed by atoms with Crippen molar-refractivity contribution in [3.8, 4) is 5.75 Å². The fourth-order valence-corrected chi connectivity index (χ4v) is 3.52. The number of amides is 2. The first-order valence-corrected chi connectivity index (χ1v) is 8.70. The summed E-state index contributed by atoms with van der Waals surface area (Å²) in [7, 11) is 1.62. The van der Waals surface area contributed by atoms with Gasteiger partial charge >= 0.3 is 0 Å². The highest BCUT2D eigenvalue weighted by Gasteiger charge is 2.38. The Kier molecular flexibility index (Phi) is 5.06. The number of methoxy groups -OCH3 is 1. The van der Waals surface area contributed by atoms with E-state index in [9.17, 15) is 14.4 Å². The number of nitrogens with zero attached hydrogens (tertiary/aromatic N) is 2. The van der Waals surface area contributed by atoms with Crippen LogP contribution in [0, 0.1) is 11.8 Å². The number of hydrogen-bond acceptors (Lipinski definition) is 4. The molecule has 6 heteroatoms. The molecule has 0 radical (unpaired) electrons. The van der Waals surface area contributed by atoms with E-state index in [2.05, 4.69) is 0 Å². The van der Waals surface area contributed by atoms with E-state index in [1.165, 1.54) is 0 Å². The summed E-state index contributed by atoms with van der Waals surface area (Å²) in [5, 5.41) is 0. The lowest BCUT2D eigenvalue weighted by molar-refractivity contribution is -0.140. The van der Waals surface area contributed by atoms with Crippen LogP contribution in [0.2, 0.25) is 0 Å². The second-order valence-corrected chi connectivity index (χ2v) is 6.92. The highest BCUT2D eigenvalue weighted by Crippen LogP contribution is 2.24. The summed E-state index contributed by atoms with van der Waals surface area (Å²) in [5.41, 5.74) is 1.01. The van der Waals surface area contributed by atoms with Crippen LogP contribution < -0.4 is 4.74 Å². The molecule has 3 rings (SSSR count). The Labute approximate surface area is 147 Å². The van der Waals surface area contributed by atoms with Crippen molar-refractivity contribution >= 4 is 17.6 Å². The zero-order valence-electron chi connectivity index (χ0n) is 14.7. The molecule has 2 fully saturated rings. The van der Waals surface area contributed by atoms with Crippen molar-refractivity contribution in [2.24, 2.45) is 11.8 Å². The van der Waals surface area contributed by atoms with Gasteiger partial charge in [-0.25, -0.2) is 0 Å². The van der Waals surface area contributed by atoms with Gasteiger partial charge in [-0.15, -0.1) is 0 Å². The Hall–Kier alpha value is -2.37. The van der Waals surface area contributed by atoms with Crippen LogP contribution in [0.15, 0.2) is 24.3 Å². The standard InChI is InChI=1S/C19H24N2O4/c1-13-10-20(8-7-17(13)22)19(24)15-9-18(23)21(12-15)11-14-3-5-16(25-2)6-4-14/h3-6,13,15H,7-12H2,1-2H3. The third-order valence-electron chi connectivity index (χ3n) is 5.08. The van der Waals surface area contributed by atoms with Crippen LogP contribution >= 0.6 is 0 Å². The van der Waals surface area contributed by atoms with Gasteiger partial charge in [0, 0.05) is 44.9 Å². The molecule has 1 aromatic rings. The van der Waals surface area contributed by atoms with Crippen LogP contribution in [0.5, 0.6) is 5.75 Å². The molecule has 0 N–H and O–H groups in total. The van der Waals surface area contributed by atoms with Gasteiger partial charge < -0.3 is 14.5 Å². The molecule has 2 aliphatic rings. The Morgan fingerprint density at radius 3 is 2.56 bits per heavy atom. The monoisotopic (exact) mass is 344 g/mol. The summed E-state index contributed by atoms with van der Waals surface area (Å²) in [5.74, 6) is 0.600. The first-order chi connectivity index (χ1) is 12.0. The van der Waals surface area contributed by atoms with Crippen LogP contribution in [0.1, 0.15) is 25.3 Å². The summed E-state index contributed by atoms with van der Waals surface area (Å²) >= 11 is 0. The van der Waals surface area contributed by atoms with E-state index in [4.69, 9.17) is 4.74 Å². The number of ether oxygens (including phenoxy) is 1. The Balaban J connectivity index is 1.59. The number of piperidine rings is 1. The maximum Gasteiger partial charge on any atom is 0.228 e. The Morgan fingerprint density at radius 2 is 1.92 bits per heavy atom. The zero-order chi connectivity index (χ0) is 18.0. The van der Waals surface area contributed by atoms with E-state index in [-0.39, 0.29) is 35.9 Å². The predicted molar refractivity (Wildman–Crippen MR) is 91.9 cm³/mol. The third-order valence-corrected chi connectivity index (χ3v) is 5.08. The number of carbonyl (C=O) groups is 3. The van der Waals surface area contributed by atoms with Gasteiger partial charge in [0.2, 0.25) is 11.8 Å². The Morgan fingerprint density at radius 1 is 1.20 bits per heavy atom. The van der Waals surface area contributed by atoms with Gasteiger partial charge in [0.1, 0.15) is 11.5 Å². The van der Waals surface area contributed by atoms with Crippen molar-refractivity contribution in [1.82, 2.24) is 9.80 Å². The van der Waals surface area contributed by atoms with Gasteiger partial charge in [-0.1, -0.05) is 19.1 Å². The van der Waals surface area contributed by atoms with Crippen molar-refractivity contribution in [3.63, 3.8) is 0 Å². The summed E-state index contributed by atoms with van der Waals surface area (Å²) in [6.07, 6.45) is 0.678. The molecule has 0 saturated carbocycles. The van der Waals surface area contributed by atoms with Crippen molar-refractivity contribution in [1.29, 1.82) is 0 Å². The summed E-state index contributed by atoms with van der Waals surface area (Å²) in [6, 6.07) is 7.59. The maximum atomic E-state index is 12.7. The van der Waals surface area contributed by atoms with Crippen LogP contribution in [0.3, 0.4) is 0 Å². The predicted octanol–water partition coefficient (Wildman–Crippen LogP) is 1.48. The lowest BCUT2D eigenvalue weighted by Gasteiger charge is -2.31. The molecule has 2 unspecified atom stereocenters. The molecule has 2 saturated heterocycles. The van der Waals surface area contributed by atoms with Crippen LogP contribution in [0.25, 0.3) is 0 Å². The summed E-state index contributed by atoms with van der Waals surface area (Å²) in [4.78, 5) is 40.1. The molecule has 25 heavy (non-hydrogen) atoms. The first-order valence-electron chi connectivity index (χ1n) is 8.70. The Bertz CT molecular complexity index is 671. The minimum Gasteiger partial charge on any atom is -0.497 e. The molecule has 2 aliphatic heterocycles. The number of rotatable bonds is 4. The van der Waals surface area contributed by atoms with E-state index < -0.39 is 0 Å². The molecule has 2 heterocycles. The second-order valence-electron chi connectivity index (χ2n) is 6.92. The van der Waals surface area contributed by atoms with Crippen LogP contribution in [0.4, 0.5) is 0 Å². The number of likely N-dealkylation sites (tertiary alicyclic amines) is 2. The maximum absolute atomic E-state index is 12.7. The van der Waals surface area contributed by atoms with E-state index in [1.54, 1.807) is 16.9 Å². The highest BCUT2D eigenvalue weighted by atomic mass is 16.5. The van der Waals surface area contributed by atoms with Gasteiger partial charge in [0.05, 0.1) is 13.0 Å². The van der Waals surface area contributed by atoms with Gasteiger partial charge in [0.15, 0.2) is 0 Å². The minimum absolute atomic E-state index is 0.00457. The number of benzene rings is 1. The largest absolute Gasteiger partial charge is 0.497 e. The molecular weight excluding hydrogens is 320 g/mol. The average Bonchev–Trinajstić information content (AvgIpc) is 2.98. The molecule has 2 atom stereocenters. The number of ketones is 1. The number of carbonyl (C=O) groups excluding carboxylic acids is 3. The molecule has 0 spiro atoms. The van der Waals surface area contributed by atoms with Crippen LogP contribution in [-0.4, -0.2) is 54.1 Å². The molecular formula is C19H24N2O4. The lowest BCUT2D eigenvalue weighted by atomic mass is 9.96. The third kappa shape index (κ3) is 3.83. The number of hydrogen-bond donors (Lipinski definition) is 0. The quantitative estimate of drug-likeness (QED) is 0.830. The van der Waals surface area contributed by atoms with Gasteiger partial charge in [0.25, 0.3) is 0 Å². The molecule has 0 aromatic heterocycles. The van der Waals surface area contributed by atoms with Crippen molar-refractivity contribution in [2.75, 3.05) is 26.7 Å². The van der Waals surface area contributed by atoms with Crippen molar-refractivity contribution in [3.05, 3.63) is 29.8 Å². The van der Waals surface area contributed by atoms with E-state index in [0.717, 1.165) is 11.3 Å². The number of Topliss-reactive ketones (excluding diaryl/α,β-unsaturated/α-hetero) is 1. The molecule has 0 bridgehead atoms. The van der Waals surface area contributed by atoms with Gasteiger partial charge in [-0.3, -0.25) is 14.4 Å². The van der Waals surface area contributed by atoms with Gasteiger partial charge in [-0.2, -0.15) is 0 Å². The lowest BCUT2D eigenvalue weighted by Crippen LogP contribution is -2.46. The summed E-state index contributed by atoms with van der Waals surface area (Å²) in [6.45, 7) is 3.76. The fraction of sp³-hybridized carbons (Fsp3) is 0.526. The first kappa shape index (κ1) is 17.5. The molecule has 0 aliphatic carbocycles.